The molecule has 0 rings (SSSR count). The lowest BCUT2D eigenvalue weighted by Gasteiger charge is -2.17. The Morgan fingerprint density at radius 2 is 1.33 bits per heavy atom. The summed E-state index contributed by atoms with van der Waals surface area (Å²) in [6, 6.07) is -0.524. The number of carboxylic acids is 1. The number of rotatable bonds is 8. The number of carbonyl (C=O) groups excluding carboxylic acids is 2. The van der Waals surface area contributed by atoms with E-state index in [1.165, 1.54) is 13.8 Å². The molecule has 0 radical (unpaired) electrons. The average molecular weight is 301 g/mol. The number of aliphatic carboxylic acids is 1. The van der Waals surface area contributed by atoms with Crippen LogP contribution in [0.2, 0.25) is 0 Å². The summed E-state index contributed by atoms with van der Waals surface area (Å²) in [6.07, 6.45) is 1.20. The zero-order chi connectivity index (χ0) is 17.2. The SMILES string of the molecule is CC(C)=O.CC(C)C[C@H](CC(=O)[C@@H](N)CC(C)C)C(=O)O. The molecule has 0 aromatic heterocycles. The number of Topliss-reactive ketones (excluding diaryl/α,β-unsaturated/α-hetero) is 2. The normalized spacial score (nSPS) is 13.4. The molecule has 3 N–H and O–H groups in total. The topological polar surface area (TPSA) is 97.5 Å². The average Bonchev–Trinajstić information content (AvgIpc) is 2.25. The number of nitrogens with two attached hydrogens (primary N) is 1. The van der Waals surface area contributed by atoms with E-state index < -0.39 is 17.9 Å². The minimum atomic E-state index is -0.899. The molecular weight excluding hydrogens is 270 g/mol. The van der Waals surface area contributed by atoms with Gasteiger partial charge in [-0.05, 0) is 38.5 Å². The standard InChI is InChI=1S/C13H25NO3.C3H6O/c1-8(2)5-10(13(16)17)7-12(15)11(14)6-9(3)4;1-3(2)4/h8-11H,5-7,14H2,1-4H3,(H,16,17);1-2H3/t10-,11+;/m1./s1. The first-order valence-corrected chi connectivity index (χ1v) is 7.45. The molecule has 21 heavy (non-hydrogen) atoms. The molecule has 0 spiro atoms. The van der Waals surface area contributed by atoms with Crippen molar-refractivity contribution < 1.29 is 19.5 Å². The zero-order valence-corrected chi connectivity index (χ0v) is 14.2. The van der Waals surface area contributed by atoms with Crippen LogP contribution in [0.25, 0.3) is 0 Å². The second kappa shape index (κ2) is 11.4. The molecule has 0 aliphatic carbocycles. The summed E-state index contributed by atoms with van der Waals surface area (Å²) in [5, 5.41) is 9.04. The highest BCUT2D eigenvalue weighted by molar-refractivity contribution is 5.87. The minimum absolute atomic E-state index is 0.0569. The number of hydrogen-bond acceptors (Lipinski definition) is 4. The van der Waals surface area contributed by atoms with Gasteiger partial charge in [0.05, 0.1) is 12.0 Å². The van der Waals surface area contributed by atoms with Crippen molar-refractivity contribution in [2.45, 2.75) is 66.8 Å². The Kier molecular flexibility index (Phi) is 12.0. The maximum atomic E-state index is 11.8. The predicted molar refractivity (Wildman–Crippen MR) is 84.0 cm³/mol. The van der Waals surface area contributed by atoms with Gasteiger partial charge in [-0.1, -0.05) is 27.7 Å². The summed E-state index contributed by atoms with van der Waals surface area (Å²) in [5.41, 5.74) is 5.75. The van der Waals surface area contributed by atoms with E-state index in [9.17, 15) is 14.4 Å². The second-order valence-corrected chi connectivity index (χ2v) is 6.48. The molecule has 0 fully saturated rings. The molecule has 0 heterocycles. The third kappa shape index (κ3) is 15.0. The van der Waals surface area contributed by atoms with Crippen LogP contribution in [0.5, 0.6) is 0 Å². The maximum absolute atomic E-state index is 11.8. The Morgan fingerprint density at radius 1 is 0.952 bits per heavy atom. The van der Waals surface area contributed by atoms with Crippen LogP contribution in [0.4, 0.5) is 0 Å². The Morgan fingerprint density at radius 3 is 1.62 bits per heavy atom. The van der Waals surface area contributed by atoms with Crippen LogP contribution in [0.15, 0.2) is 0 Å². The van der Waals surface area contributed by atoms with Gasteiger partial charge in [-0.2, -0.15) is 0 Å². The Balaban J connectivity index is 0. The van der Waals surface area contributed by atoms with E-state index in [0.717, 1.165) is 0 Å². The summed E-state index contributed by atoms with van der Waals surface area (Å²) in [4.78, 5) is 32.3. The number of ketones is 2. The predicted octanol–water partition coefficient (Wildman–Crippen LogP) is 2.66. The third-order valence-electron chi connectivity index (χ3n) is 2.69. The van der Waals surface area contributed by atoms with Crippen molar-refractivity contribution in [2.75, 3.05) is 0 Å². The van der Waals surface area contributed by atoms with E-state index in [4.69, 9.17) is 10.8 Å². The second-order valence-electron chi connectivity index (χ2n) is 6.48. The van der Waals surface area contributed by atoms with Crippen LogP contribution in [0, 0.1) is 17.8 Å². The molecule has 0 bridgehead atoms. The van der Waals surface area contributed by atoms with Crippen molar-refractivity contribution in [1.29, 1.82) is 0 Å². The number of carbonyl (C=O) groups is 3. The first-order chi connectivity index (χ1) is 9.47. The van der Waals surface area contributed by atoms with Gasteiger partial charge in [-0.3, -0.25) is 9.59 Å². The van der Waals surface area contributed by atoms with Crippen molar-refractivity contribution in [3.05, 3.63) is 0 Å². The summed E-state index contributed by atoms with van der Waals surface area (Å²) >= 11 is 0. The molecule has 0 saturated heterocycles. The largest absolute Gasteiger partial charge is 0.481 e. The van der Waals surface area contributed by atoms with Crippen LogP contribution in [0.1, 0.15) is 60.8 Å². The molecule has 0 aliphatic rings. The molecule has 5 heteroatoms. The first-order valence-electron chi connectivity index (χ1n) is 7.45. The Bertz CT molecular complexity index is 333. The number of carboxylic acid groups (broad SMARTS) is 1. The molecule has 5 nitrogen and oxygen atoms in total. The van der Waals surface area contributed by atoms with Crippen molar-refractivity contribution in [2.24, 2.45) is 23.5 Å². The highest BCUT2D eigenvalue weighted by Crippen LogP contribution is 2.18. The fourth-order valence-corrected chi connectivity index (χ4v) is 1.87. The highest BCUT2D eigenvalue weighted by atomic mass is 16.4. The first kappa shape index (κ1) is 22.1. The molecule has 124 valence electrons. The van der Waals surface area contributed by atoms with E-state index >= 15 is 0 Å². The molecule has 0 aliphatic heterocycles. The lowest BCUT2D eigenvalue weighted by Crippen LogP contribution is -2.34. The van der Waals surface area contributed by atoms with Gasteiger partial charge in [-0.15, -0.1) is 0 Å². The van der Waals surface area contributed by atoms with E-state index in [1.807, 2.05) is 27.7 Å². The van der Waals surface area contributed by atoms with E-state index in [1.54, 1.807) is 0 Å². The summed E-state index contributed by atoms with van der Waals surface area (Å²) in [6.45, 7) is 11.0. The summed E-state index contributed by atoms with van der Waals surface area (Å²) < 4.78 is 0. The van der Waals surface area contributed by atoms with Gasteiger partial charge in [0.1, 0.15) is 11.6 Å². The van der Waals surface area contributed by atoms with Crippen LogP contribution in [-0.4, -0.2) is 28.7 Å². The van der Waals surface area contributed by atoms with E-state index in [2.05, 4.69) is 0 Å². The molecule has 0 aromatic carbocycles. The lowest BCUT2D eigenvalue weighted by molar-refractivity contribution is -0.144. The van der Waals surface area contributed by atoms with Crippen molar-refractivity contribution in [3.8, 4) is 0 Å². The molecular formula is C16H31NO4. The lowest BCUT2D eigenvalue weighted by atomic mass is 9.89. The molecule has 0 unspecified atom stereocenters. The molecule has 2 atom stereocenters. The maximum Gasteiger partial charge on any atom is 0.306 e. The zero-order valence-electron chi connectivity index (χ0n) is 14.2. The summed E-state index contributed by atoms with van der Waals surface area (Å²) in [7, 11) is 0. The van der Waals surface area contributed by atoms with Gasteiger partial charge in [0.25, 0.3) is 0 Å². The fraction of sp³-hybridized carbons (Fsp3) is 0.812. The minimum Gasteiger partial charge on any atom is -0.481 e. The molecule has 0 aromatic rings. The van der Waals surface area contributed by atoms with Crippen molar-refractivity contribution >= 4 is 17.5 Å². The summed E-state index contributed by atoms with van der Waals surface area (Å²) in [5.74, 6) is -0.844. The van der Waals surface area contributed by atoms with Gasteiger partial charge < -0.3 is 15.6 Å². The Hall–Kier alpha value is -1.23. The third-order valence-corrected chi connectivity index (χ3v) is 2.69. The fourth-order valence-electron chi connectivity index (χ4n) is 1.87. The van der Waals surface area contributed by atoms with Crippen LogP contribution in [-0.2, 0) is 14.4 Å². The monoisotopic (exact) mass is 301 g/mol. The quantitative estimate of drug-likeness (QED) is 0.718. The molecule has 0 saturated carbocycles. The van der Waals surface area contributed by atoms with Crippen molar-refractivity contribution in [3.63, 3.8) is 0 Å². The highest BCUT2D eigenvalue weighted by Gasteiger charge is 2.25. The van der Waals surface area contributed by atoms with Gasteiger partial charge >= 0.3 is 5.97 Å². The number of hydrogen-bond donors (Lipinski definition) is 2. The van der Waals surface area contributed by atoms with Crippen LogP contribution < -0.4 is 5.73 Å². The van der Waals surface area contributed by atoms with Gasteiger partial charge in [0, 0.05) is 6.42 Å². The van der Waals surface area contributed by atoms with Gasteiger partial charge in [0.2, 0.25) is 0 Å². The molecule has 0 amide bonds. The van der Waals surface area contributed by atoms with Crippen LogP contribution >= 0.6 is 0 Å². The van der Waals surface area contributed by atoms with Gasteiger partial charge in [0.15, 0.2) is 0 Å². The Labute approximate surface area is 128 Å². The smallest absolute Gasteiger partial charge is 0.306 e. The van der Waals surface area contributed by atoms with E-state index in [0.29, 0.717) is 18.8 Å². The van der Waals surface area contributed by atoms with E-state index in [-0.39, 0.29) is 23.9 Å². The van der Waals surface area contributed by atoms with Crippen molar-refractivity contribution in [1.82, 2.24) is 0 Å². The van der Waals surface area contributed by atoms with Crippen LogP contribution in [0.3, 0.4) is 0 Å². The van der Waals surface area contributed by atoms with Gasteiger partial charge in [-0.25, -0.2) is 0 Å².